The molecule has 0 spiro atoms. The Kier molecular flexibility index (Phi) is 3.80. The van der Waals surface area contributed by atoms with Crippen molar-refractivity contribution in [3.8, 4) is 5.69 Å². The van der Waals surface area contributed by atoms with Crippen LogP contribution in [0.1, 0.15) is 19.7 Å². The van der Waals surface area contributed by atoms with Crippen LogP contribution in [0.4, 0.5) is 5.69 Å². The van der Waals surface area contributed by atoms with Crippen molar-refractivity contribution in [3.63, 3.8) is 0 Å². The molecule has 0 aliphatic carbocycles. The minimum Gasteiger partial charge on any atom is -0.329 e. The molecule has 1 amide bonds. The molecule has 0 saturated carbocycles. The van der Waals surface area contributed by atoms with E-state index < -0.39 is 5.41 Å². The number of tetrazole rings is 1. The van der Waals surface area contributed by atoms with Gasteiger partial charge in [0, 0.05) is 12.2 Å². The summed E-state index contributed by atoms with van der Waals surface area (Å²) in [5, 5.41) is 14.2. The molecular formula is C13H18N6O. The Morgan fingerprint density at radius 1 is 1.45 bits per heavy atom. The average Bonchev–Trinajstić information content (AvgIpc) is 2.85. The monoisotopic (exact) mass is 274 g/mol. The van der Waals surface area contributed by atoms with E-state index in [9.17, 15) is 4.79 Å². The molecule has 0 aliphatic rings. The van der Waals surface area contributed by atoms with Gasteiger partial charge in [-0.05, 0) is 49.4 Å². The van der Waals surface area contributed by atoms with Crippen molar-refractivity contribution >= 4 is 11.6 Å². The maximum absolute atomic E-state index is 12.1. The number of nitrogens with zero attached hydrogens (tertiary/aromatic N) is 4. The van der Waals surface area contributed by atoms with E-state index in [1.165, 1.54) is 0 Å². The van der Waals surface area contributed by atoms with Gasteiger partial charge in [0.05, 0.1) is 11.1 Å². The third kappa shape index (κ3) is 2.83. The molecule has 0 aliphatic heterocycles. The van der Waals surface area contributed by atoms with Crippen LogP contribution in [0.3, 0.4) is 0 Å². The van der Waals surface area contributed by atoms with Gasteiger partial charge in [-0.3, -0.25) is 4.79 Å². The highest BCUT2D eigenvalue weighted by Crippen LogP contribution is 2.19. The van der Waals surface area contributed by atoms with Crippen LogP contribution >= 0.6 is 0 Å². The summed E-state index contributed by atoms with van der Waals surface area (Å²) in [5.74, 6) is 0.557. The number of hydrogen-bond acceptors (Lipinski definition) is 5. The number of carbonyl (C=O) groups excluding carboxylic acids is 1. The molecule has 2 rings (SSSR count). The number of carbonyl (C=O) groups is 1. The van der Waals surface area contributed by atoms with Crippen molar-refractivity contribution in [2.24, 2.45) is 11.1 Å². The van der Waals surface area contributed by atoms with Crippen LogP contribution in [0.25, 0.3) is 5.69 Å². The first kappa shape index (κ1) is 14.1. The van der Waals surface area contributed by atoms with Crippen LogP contribution in [-0.2, 0) is 4.79 Å². The minimum atomic E-state index is -0.610. The summed E-state index contributed by atoms with van der Waals surface area (Å²) in [7, 11) is 0. The molecule has 1 aromatic heterocycles. The number of nitrogens with two attached hydrogens (primary N) is 1. The Morgan fingerprint density at radius 2 is 2.20 bits per heavy atom. The SMILES string of the molecule is Cc1nnnn1-c1cccc(NC(=O)C(C)(C)CN)c1. The average molecular weight is 274 g/mol. The molecule has 2 aromatic rings. The molecule has 1 aromatic carbocycles. The third-order valence-electron chi connectivity index (χ3n) is 3.10. The smallest absolute Gasteiger partial charge is 0.231 e. The van der Waals surface area contributed by atoms with Crippen molar-refractivity contribution in [1.29, 1.82) is 0 Å². The maximum Gasteiger partial charge on any atom is 0.231 e. The van der Waals surface area contributed by atoms with Crippen molar-refractivity contribution in [3.05, 3.63) is 30.1 Å². The Morgan fingerprint density at radius 3 is 2.80 bits per heavy atom. The van der Waals surface area contributed by atoms with Crippen LogP contribution in [0.2, 0.25) is 0 Å². The normalized spacial score (nSPS) is 11.4. The Hall–Kier alpha value is -2.28. The fraction of sp³-hybridized carbons (Fsp3) is 0.385. The van der Waals surface area contributed by atoms with Gasteiger partial charge in [-0.25, -0.2) is 0 Å². The predicted octanol–water partition coefficient (Wildman–Crippen LogP) is 0.894. The highest BCUT2D eigenvalue weighted by atomic mass is 16.2. The summed E-state index contributed by atoms with van der Waals surface area (Å²) >= 11 is 0. The van der Waals surface area contributed by atoms with Crippen LogP contribution in [0, 0.1) is 12.3 Å². The first-order valence-electron chi connectivity index (χ1n) is 6.31. The van der Waals surface area contributed by atoms with Crippen LogP contribution in [0.15, 0.2) is 24.3 Å². The fourth-order valence-corrected chi connectivity index (χ4v) is 1.58. The zero-order chi connectivity index (χ0) is 14.8. The zero-order valence-electron chi connectivity index (χ0n) is 11.8. The number of aromatic nitrogens is 4. The van der Waals surface area contributed by atoms with Gasteiger partial charge in [0.2, 0.25) is 5.91 Å². The van der Waals surface area contributed by atoms with Crippen LogP contribution in [-0.4, -0.2) is 32.7 Å². The van der Waals surface area contributed by atoms with E-state index in [0.717, 1.165) is 5.69 Å². The van der Waals surface area contributed by atoms with Crippen molar-refractivity contribution in [2.75, 3.05) is 11.9 Å². The first-order valence-corrected chi connectivity index (χ1v) is 6.31. The van der Waals surface area contributed by atoms with Crippen LogP contribution in [0.5, 0.6) is 0 Å². The highest BCUT2D eigenvalue weighted by Gasteiger charge is 2.25. The van der Waals surface area contributed by atoms with Crippen molar-refractivity contribution in [1.82, 2.24) is 20.2 Å². The molecular weight excluding hydrogens is 256 g/mol. The second kappa shape index (κ2) is 5.38. The molecule has 7 heteroatoms. The lowest BCUT2D eigenvalue weighted by atomic mass is 9.92. The number of benzene rings is 1. The number of aryl methyl sites for hydroxylation is 1. The fourth-order valence-electron chi connectivity index (χ4n) is 1.58. The summed E-state index contributed by atoms with van der Waals surface area (Å²) in [6, 6.07) is 7.33. The van der Waals surface area contributed by atoms with Crippen molar-refractivity contribution < 1.29 is 4.79 Å². The number of nitrogens with one attached hydrogen (secondary N) is 1. The molecule has 3 N–H and O–H groups in total. The number of amides is 1. The molecule has 7 nitrogen and oxygen atoms in total. The zero-order valence-corrected chi connectivity index (χ0v) is 11.8. The Balaban J connectivity index is 2.23. The molecule has 0 unspecified atom stereocenters. The predicted molar refractivity (Wildman–Crippen MR) is 75.4 cm³/mol. The standard InChI is InChI=1S/C13H18N6O/c1-9-16-17-18-19(9)11-6-4-5-10(7-11)15-12(20)13(2,3)8-14/h4-7H,8,14H2,1-3H3,(H,15,20). The first-order chi connectivity index (χ1) is 9.44. The minimum absolute atomic E-state index is 0.120. The number of anilines is 1. The molecule has 1 heterocycles. The van der Waals surface area contributed by atoms with E-state index in [0.29, 0.717) is 11.5 Å². The molecule has 0 radical (unpaired) electrons. The summed E-state index contributed by atoms with van der Waals surface area (Å²) in [4.78, 5) is 12.1. The van der Waals surface area contributed by atoms with E-state index >= 15 is 0 Å². The van der Waals surface area contributed by atoms with Gasteiger partial charge < -0.3 is 11.1 Å². The molecule has 0 saturated heterocycles. The van der Waals surface area contributed by atoms with E-state index in [-0.39, 0.29) is 12.5 Å². The second-order valence-electron chi connectivity index (χ2n) is 5.23. The summed E-state index contributed by atoms with van der Waals surface area (Å²) in [6.45, 7) is 5.70. The van der Waals surface area contributed by atoms with E-state index in [4.69, 9.17) is 5.73 Å². The summed E-state index contributed by atoms with van der Waals surface area (Å²) in [5.41, 5.74) is 6.46. The van der Waals surface area contributed by atoms with Gasteiger partial charge in [-0.2, -0.15) is 4.68 Å². The van der Waals surface area contributed by atoms with Crippen LogP contribution < -0.4 is 11.1 Å². The van der Waals surface area contributed by atoms with Gasteiger partial charge in [0.25, 0.3) is 0 Å². The van der Waals surface area contributed by atoms with Gasteiger partial charge in [0.15, 0.2) is 5.82 Å². The molecule has 0 atom stereocenters. The highest BCUT2D eigenvalue weighted by molar-refractivity contribution is 5.95. The van der Waals surface area contributed by atoms with E-state index in [1.54, 1.807) is 18.5 Å². The quantitative estimate of drug-likeness (QED) is 0.862. The van der Waals surface area contributed by atoms with E-state index in [1.807, 2.05) is 31.2 Å². The lowest BCUT2D eigenvalue weighted by molar-refractivity contribution is -0.123. The summed E-state index contributed by atoms with van der Waals surface area (Å²) in [6.07, 6.45) is 0. The van der Waals surface area contributed by atoms with Gasteiger partial charge in [-0.15, -0.1) is 5.10 Å². The van der Waals surface area contributed by atoms with Gasteiger partial charge in [0.1, 0.15) is 0 Å². The summed E-state index contributed by atoms with van der Waals surface area (Å²) < 4.78 is 1.60. The second-order valence-corrected chi connectivity index (χ2v) is 5.23. The lowest BCUT2D eigenvalue weighted by Crippen LogP contribution is -2.37. The maximum atomic E-state index is 12.1. The Labute approximate surface area is 117 Å². The number of rotatable bonds is 4. The lowest BCUT2D eigenvalue weighted by Gasteiger charge is -2.21. The molecule has 20 heavy (non-hydrogen) atoms. The topological polar surface area (TPSA) is 98.7 Å². The molecule has 106 valence electrons. The molecule has 0 bridgehead atoms. The Bertz CT molecular complexity index is 619. The van der Waals surface area contributed by atoms with Crippen molar-refractivity contribution in [2.45, 2.75) is 20.8 Å². The largest absolute Gasteiger partial charge is 0.329 e. The number of hydrogen-bond donors (Lipinski definition) is 2. The molecule has 0 fully saturated rings. The third-order valence-corrected chi connectivity index (χ3v) is 3.10. The van der Waals surface area contributed by atoms with E-state index in [2.05, 4.69) is 20.8 Å². The van der Waals surface area contributed by atoms with Gasteiger partial charge >= 0.3 is 0 Å². The van der Waals surface area contributed by atoms with Gasteiger partial charge in [-0.1, -0.05) is 6.07 Å².